The van der Waals surface area contributed by atoms with Crippen LogP contribution in [0.2, 0.25) is 0 Å². The Balaban J connectivity index is 3.33. The quantitative estimate of drug-likeness (QED) is 0.600. The van der Waals surface area contributed by atoms with Gasteiger partial charge in [-0.2, -0.15) is 11.8 Å². The molecule has 0 atom stereocenters. The molecule has 0 amide bonds. The second-order valence-electron chi connectivity index (χ2n) is 4.79. The first-order chi connectivity index (χ1) is 6.48. The lowest BCUT2D eigenvalue weighted by molar-refractivity contribution is -0.123. The van der Waals surface area contributed by atoms with Gasteiger partial charge in [0.15, 0.2) is 0 Å². The van der Waals surface area contributed by atoms with Crippen LogP contribution in [0, 0.1) is 5.41 Å². The van der Waals surface area contributed by atoms with Crippen LogP contribution in [-0.2, 0) is 4.79 Å². The first kappa shape index (κ1) is 14.0. The average Bonchev–Trinajstić information content (AvgIpc) is 2.09. The molecule has 0 radical (unpaired) electrons. The van der Waals surface area contributed by atoms with Crippen LogP contribution >= 0.6 is 11.8 Å². The molecule has 0 spiro atoms. The predicted molar refractivity (Wildman–Crippen MR) is 65.9 cm³/mol. The summed E-state index contributed by atoms with van der Waals surface area (Å²) in [6.45, 7) is 8.20. The molecule has 0 aromatic carbocycles. The van der Waals surface area contributed by atoms with Crippen LogP contribution in [0.25, 0.3) is 0 Å². The lowest BCUT2D eigenvalue weighted by Crippen LogP contribution is -2.22. The van der Waals surface area contributed by atoms with Crippen LogP contribution in [0.1, 0.15) is 53.4 Å². The van der Waals surface area contributed by atoms with Gasteiger partial charge in [0.05, 0.1) is 5.75 Å². The van der Waals surface area contributed by atoms with Crippen molar-refractivity contribution in [1.29, 1.82) is 0 Å². The summed E-state index contributed by atoms with van der Waals surface area (Å²) >= 11 is 1.79. The molecule has 84 valence electrons. The number of unbranched alkanes of at least 4 members (excludes halogenated alkanes) is 3. The van der Waals surface area contributed by atoms with E-state index in [0.29, 0.717) is 11.5 Å². The highest BCUT2D eigenvalue weighted by molar-refractivity contribution is 7.99. The Hall–Kier alpha value is 0.0200. The maximum absolute atomic E-state index is 11.5. The zero-order chi connectivity index (χ0) is 11.0. The first-order valence-electron chi connectivity index (χ1n) is 5.59. The van der Waals surface area contributed by atoms with Crippen molar-refractivity contribution in [2.45, 2.75) is 53.4 Å². The summed E-state index contributed by atoms with van der Waals surface area (Å²) in [6.07, 6.45) is 5.18. The number of Topliss-reactive ketones (excluding diaryl/α,β-unsaturated/α-hetero) is 1. The maximum Gasteiger partial charge on any atom is 0.148 e. The van der Waals surface area contributed by atoms with Crippen molar-refractivity contribution >= 4 is 17.5 Å². The molecule has 0 fully saturated rings. The first-order valence-corrected chi connectivity index (χ1v) is 6.75. The van der Waals surface area contributed by atoms with Crippen molar-refractivity contribution in [2.75, 3.05) is 11.5 Å². The largest absolute Gasteiger partial charge is 0.298 e. The van der Waals surface area contributed by atoms with Crippen LogP contribution in [0.3, 0.4) is 0 Å². The summed E-state index contributed by atoms with van der Waals surface area (Å²) in [4.78, 5) is 11.5. The molecular formula is C12H24OS. The second kappa shape index (κ2) is 7.33. The van der Waals surface area contributed by atoms with E-state index in [0.717, 1.165) is 5.75 Å². The molecule has 0 N–H and O–H groups in total. The number of hydrogen-bond donors (Lipinski definition) is 0. The number of rotatable bonds is 7. The lowest BCUT2D eigenvalue weighted by Gasteiger charge is -2.15. The molecule has 14 heavy (non-hydrogen) atoms. The fraction of sp³-hybridized carbons (Fsp3) is 0.917. The summed E-state index contributed by atoms with van der Waals surface area (Å²) < 4.78 is 0. The minimum Gasteiger partial charge on any atom is -0.298 e. The van der Waals surface area contributed by atoms with Gasteiger partial charge in [0.2, 0.25) is 0 Å². The highest BCUT2D eigenvalue weighted by atomic mass is 32.2. The van der Waals surface area contributed by atoms with Crippen LogP contribution in [0.5, 0.6) is 0 Å². The minimum absolute atomic E-state index is 0.156. The predicted octanol–water partition coefficient (Wildman–Crippen LogP) is 3.92. The molecule has 0 bridgehead atoms. The van der Waals surface area contributed by atoms with Crippen molar-refractivity contribution < 1.29 is 4.79 Å². The standard InChI is InChI=1S/C12H24OS/c1-5-6-7-8-9-14-10-11(13)12(2,3)4/h5-10H2,1-4H3. The zero-order valence-corrected chi connectivity index (χ0v) is 10.9. The van der Waals surface area contributed by atoms with E-state index in [9.17, 15) is 4.79 Å². The fourth-order valence-electron chi connectivity index (χ4n) is 1.01. The van der Waals surface area contributed by atoms with E-state index in [1.165, 1.54) is 25.7 Å². The smallest absolute Gasteiger partial charge is 0.148 e. The lowest BCUT2D eigenvalue weighted by atomic mass is 9.92. The van der Waals surface area contributed by atoms with Gasteiger partial charge in [-0.1, -0.05) is 47.0 Å². The van der Waals surface area contributed by atoms with E-state index in [1.807, 2.05) is 20.8 Å². The van der Waals surface area contributed by atoms with E-state index in [-0.39, 0.29) is 5.41 Å². The summed E-state index contributed by atoms with van der Waals surface area (Å²) in [5.74, 6) is 2.20. The Labute approximate surface area is 93.0 Å². The number of hydrogen-bond acceptors (Lipinski definition) is 2. The molecule has 0 aromatic heterocycles. The monoisotopic (exact) mass is 216 g/mol. The van der Waals surface area contributed by atoms with E-state index < -0.39 is 0 Å². The van der Waals surface area contributed by atoms with E-state index in [2.05, 4.69) is 6.92 Å². The molecule has 0 aromatic rings. The van der Waals surface area contributed by atoms with Crippen LogP contribution in [0.15, 0.2) is 0 Å². The van der Waals surface area contributed by atoms with Gasteiger partial charge in [0.1, 0.15) is 5.78 Å². The van der Waals surface area contributed by atoms with Crippen molar-refractivity contribution in [3.63, 3.8) is 0 Å². The number of thioether (sulfide) groups is 1. The minimum atomic E-state index is -0.156. The third kappa shape index (κ3) is 7.43. The van der Waals surface area contributed by atoms with Crippen molar-refractivity contribution in [1.82, 2.24) is 0 Å². The topological polar surface area (TPSA) is 17.1 Å². The Kier molecular flexibility index (Phi) is 7.34. The molecule has 2 heteroatoms. The SMILES string of the molecule is CCCCCCSCC(=O)C(C)(C)C. The molecule has 0 rings (SSSR count). The second-order valence-corrected chi connectivity index (χ2v) is 5.89. The molecule has 0 saturated carbocycles. The zero-order valence-electron chi connectivity index (χ0n) is 10.1. The molecular weight excluding hydrogens is 192 g/mol. The number of carbonyl (C=O) groups excluding carboxylic acids is 1. The Morgan fingerprint density at radius 1 is 1.14 bits per heavy atom. The molecule has 0 heterocycles. The highest BCUT2D eigenvalue weighted by Crippen LogP contribution is 2.18. The molecule has 0 aliphatic rings. The van der Waals surface area contributed by atoms with Gasteiger partial charge in [-0.05, 0) is 12.2 Å². The molecule has 0 saturated heterocycles. The van der Waals surface area contributed by atoms with Crippen molar-refractivity contribution in [3.05, 3.63) is 0 Å². The normalized spacial score (nSPS) is 11.7. The summed E-state index contributed by atoms with van der Waals surface area (Å²) in [5, 5.41) is 0. The third-order valence-electron chi connectivity index (χ3n) is 2.21. The average molecular weight is 216 g/mol. The van der Waals surface area contributed by atoms with Gasteiger partial charge in [-0.15, -0.1) is 0 Å². The molecule has 1 nitrogen and oxygen atoms in total. The van der Waals surface area contributed by atoms with Crippen molar-refractivity contribution in [3.8, 4) is 0 Å². The molecule has 0 unspecified atom stereocenters. The Bertz CT molecular complexity index is 158. The van der Waals surface area contributed by atoms with Gasteiger partial charge >= 0.3 is 0 Å². The van der Waals surface area contributed by atoms with Crippen molar-refractivity contribution in [2.24, 2.45) is 5.41 Å². The molecule has 0 aliphatic heterocycles. The summed E-state index contributed by atoms with van der Waals surface area (Å²) in [6, 6.07) is 0. The van der Waals surface area contributed by atoms with E-state index >= 15 is 0 Å². The van der Waals surface area contributed by atoms with Crippen LogP contribution in [-0.4, -0.2) is 17.3 Å². The maximum atomic E-state index is 11.5. The van der Waals surface area contributed by atoms with E-state index in [4.69, 9.17) is 0 Å². The van der Waals surface area contributed by atoms with E-state index in [1.54, 1.807) is 11.8 Å². The third-order valence-corrected chi connectivity index (χ3v) is 3.26. The van der Waals surface area contributed by atoms with Crippen LogP contribution in [0.4, 0.5) is 0 Å². The van der Waals surface area contributed by atoms with Gasteiger partial charge < -0.3 is 0 Å². The molecule has 0 aliphatic carbocycles. The Morgan fingerprint density at radius 2 is 1.79 bits per heavy atom. The fourth-order valence-corrected chi connectivity index (χ4v) is 2.18. The summed E-state index contributed by atoms with van der Waals surface area (Å²) in [7, 11) is 0. The van der Waals surface area contributed by atoms with Gasteiger partial charge in [0.25, 0.3) is 0 Å². The highest BCUT2D eigenvalue weighted by Gasteiger charge is 2.20. The number of ketones is 1. The Morgan fingerprint density at radius 3 is 2.29 bits per heavy atom. The van der Waals surface area contributed by atoms with Gasteiger partial charge in [-0.3, -0.25) is 4.79 Å². The van der Waals surface area contributed by atoms with Crippen LogP contribution < -0.4 is 0 Å². The summed E-state index contributed by atoms with van der Waals surface area (Å²) in [5.41, 5.74) is -0.156. The van der Waals surface area contributed by atoms with Gasteiger partial charge in [-0.25, -0.2) is 0 Å². The number of carbonyl (C=O) groups is 1. The van der Waals surface area contributed by atoms with Gasteiger partial charge in [0, 0.05) is 5.41 Å².